The molecule has 0 saturated carbocycles. The van der Waals surface area contributed by atoms with Crippen molar-refractivity contribution >= 4 is 23.2 Å². The Bertz CT molecular complexity index is 341. The molecule has 13 heavy (non-hydrogen) atoms. The summed E-state index contributed by atoms with van der Waals surface area (Å²) in [4.78, 5) is 0. The highest BCUT2D eigenvalue weighted by molar-refractivity contribution is 6.35. The van der Waals surface area contributed by atoms with Crippen LogP contribution in [0.5, 0.6) is 5.75 Å². The van der Waals surface area contributed by atoms with Crippen molar-refractivity contribution in [3.8, 4) is 5.75 Å². The minimum absolute atomic E-state index is 0.154. The van der Waals surface area contributed by atoms with Crippen molar-refractivity contribution in [2.45, 2.75) is 6.04 Å². The summed E-state index contributed by atoms with van der Waals surface area (Å²) in [5, 5.41) is 4.45. The first-order valence-electron chi connectivity index (χ1n) is 4.02. The monoisotopic (exact) mass is 217 g/mol. The molecule has 0 spiro atoms. The van der Waals surface area contributed by atoms with Crippen molar-refractivity contribution in [1.82, 2.24) is 5.32 Å². The van der Waals surface area contributed by atoms with Crippen LogP contribution in [0, 0.1) is 0 Å². The molecule has 1 aliphatic heterocycles. The van der Waals surface area contributed by atoms with Gasteiger partial charge in [0.05, 0.1) is 11.1 Å². The van der Waals surface area contributed by atoms with Crippen LogP contribution in [-0.4, -0.2) is 13.7 Å². The Balaban J connectivity index is 2.55. The molecule has 1 aliphatic rings. The maximum absolute atomic E-state index is 6.04. The maximum atomic E-state index is 6.04. The van der Waals surface area contributed by atoms with Crippen molar-refractivity contribution in [3.05, 3.63) is 27.7 Å². The van der Waals surface area contributed by atoms with E-state index in [1.807, 2.05) is 7.05 Å². The molecule has 2 nitrogen and oxygen atoms in total. The standard InChI is InChI=1S/C9H9Cl2NO/c1-12-7-4-13-9-6(11)3-2-5(10)8(7)9/h2-3,7,12H,4H2,1H3. The van der Waals surface area contributed by atoms with Crippen molar-refractivity contribution in [1.29, 1.82) is 0 Å². The molecule has 0 fully saturated rings. The number of nitrogens with one attached hydrogen (secondary N) is 1. The number of fused-ring (bicyclic) bond motifs is 1. The number of ether oxygens (including phenoxy) is 1. The molecule has 1 atom stereocenters. The van der Waals surface area contributed by atoms with Crippen molar-refractivity contribution in [3.63, 3.8) is 0 Å². The highest BCUT2D eigenvalue weighted by Gasteiger charge is 2.27. The smallest absolute Gasteiger partial charge is 0.144 e. The third kappa shape index (κ3) is 1.39. The van der Waals surface area contributed by atoms with Crippen LogP contribution in [-0.2, 0) is 0 Å². The van der Waals surface area contributed by atoms with Gasteiger partial charge in [-0.1, -0.05) is 23.2 Å². The predicted octanol–water partition coefficient (Wildman–Crippen LogP) is 2.65. The summed E-state index contributed by atoms with van der Waals surface area (Å²) in [5.74, 6) is 0.716. The van der Waals surface area contributed by atoms with Gasteiger partial charge in [0.2, 0.25) is 0 Å². The van der Waals surface area contributed by atoms with Crippen molar-refractivity contribution in [2.75, 3.05) is 13.7 Å². The molecule has 2 rings (SSSR count). The van der Waals surface area contributed by atoms with Crippen LogP contribution >= 0.6 is 23.2 Å². The lowest BCUT2D eigenvalue weighted by atomic mass is 10.1. The van der Waals surface area contributed by atoms with E-state index in [0.717, 1.165) is 5.56 Å². The highest BCUT2D eigenvalue weighted by Crippen LogP contribution is 2.42. The van der Waals surface area contributed by atoms with Crippen molar-refractivity contribution < 1.29 is 4.74 Å². The molecule has 0 saturated heterocycles. The van der Waals surface area contributed by atoms with E-state index in [1.165, 1.54) is 0 Å². The third-order valence-electron chi connectivity index (χ3n) is 2.19. The Morgan fingerprint density at radius 2 is 2.08 bits per heavy atom. The summed E-state index contributed by atoms with van der Waals surface area (Å²) in [6.07, 6.45) is 0. The Hall–Kier alpha value is -0.440. The molecule has 1 aromatic rings. The van der Waals surface area contributed by atoms with Crippen LogP contribution in [0.25, 0.3) is 0 Å². The number of likely N-dealkylation sites (N-methyl/N-ethyl adjacent to an activating group) is 1. The van der Waals surface area contributed by atoms with E-state index < -0.39 is 0 Å². The Kier molecular flexibility index (Phi) is 2.37. The highest BCUT2D eigenvalue weighted by atomic mass is 35.5. The summed E-state index contributed by atoms with van der Waals surface area (Å²) < 4.78 is 5.43. The summed E-state index contributed by atoms with van der Waals surface area (Å²) >= 11 is 12.0. The van der Waals surface area contributed by atoms with E-state index in [2.05, 4.69) is 5.32 Å². The summed E-state index contributed by atoms with van der Waals surface area (Å²) in [5.41, 5.74) is 0.969. The molecule has 70 valence electrons. The fraction of sp³-hybridized carbons (Fsp3) is 0.333. The number of hydrogen-bond donors (Lipinski definition) is 1. The fourth-order valence-electron chi connectivity index (χ4n) is 1.50. The van der Waals surface area contributed by atoms with Crippen LogP contribution < -0.4 is 10.1 Å². The lowest BCUT2D eigenvalue weighted by molar-refractivity contribution is 0.318. The molecule has 4 heteroatoms. The van der Waals surface area contributed by atoms with Crippen LogP contribution in [0.2, 0.25) is 10.0 Å². The van der Waals surface area contributed by atoms with E-state index in [-0.39, 0.29) is 6.04 Å². The van der Waals surface area contributed by atoms with E-state index in [9.17, 15) is 0 Å². The van der Waals surface area contributed by atoms with Gasteiger partial charge in [0, 0.05) is 10.6 Å². The van der Waals surface area contributed by atoms with Gasteiger partial charge in [0.25, 0.3) is 0 Å². The van der Waals surface area contributed by atoms with Crippen LogP contribution in [0.4, 0.5) is 0 Å². The van der Waals surface area contributed by atoms with E-state index in [1.54, 1.807) is 12.1 Å². The quantitative estimate of drug-likeness (QED) is 0.782. The third-order valence-corrected chi connectivity index (χ3v) is 2.81. The molecule has 0 amide bonds. The second-order valence-electron chi connectivity index (χ2n) is 2.92. The molecule has 1 N–H and O–H groups in total. The molecular weight excluding hydrogens is 209 g/mol. The van der Waals surface area contributed by atoms with Crippen molar-refractivity contribution in [2.24, 2.45) is 0 Å². The van der Waals surface area contributed by atoms with Crippen LogP contribution in [0.15, 0.2) is 12.1 Å². The first-order valence-corrected chi connectivity index (χ1v) is 4.77. The van der Waals surface area contributed by atoms with Gasteiger partial charge in [-0.2, -0.15) is 0 Å². The number of benzene rings is 1. The number of halogens is 2. The lowest BCUT2D eigenvalue weighted by Crippen LogP contribution is -2.17. The predicted molar refractivity (Wildman–Crippen MR) is 53.8 cm³/mol. The molecule has 0 aliphatic carbocycles. The van der Waals surface area contributed by atoms with E-state index >= 15 is 0 Å². The Labute approximate surface area is 86.8 Å². The zero-order valence-electron chi connectivity index (χ0n) is 7.10. The first kappa shape index (κ1) is 9.13. The largest absolute Gasteiger partial charge is 0.490 e. The SMILES string of the molecule is CNC1COc2c(Cl)ccc(Cl)c21. The Morgan fingerprint density at radius 1 is 1.38 bits per heavy atom. The zero-order valence-corrected chi connectivity index (χ0v) is 8.62. The lowest BCUT2D eigenvalue weighted by Gasteiger charge is -2.08. The second-order valence-corrected chi connectivity index (χ2v) is 3.74. The molecule has 0 radical (unpaired) electrons. The summed E-state index contributed by atoms with van der Waals surface area (Å²) in [6, 6.07) is 3.70. The van der Waals surface area contributed by atoms with E-state index in [0.29, 0.717) is 22.4 Å². The molecule has 0 bridgehead atoms. The number of rotatable bonds is 1. The van der Waals surface area contributed by atoms with Gasteiger partial charge in [-0.25, -0.2) is 0 Å². The molecule has 1 aromatic carbocycles. The molecule has 1 unspecified atom stereocenters. The van der Waals surface area contributed by atoms with Crippen LogP contribution in [0.1, 0.15) is 11.6 Å². The number of hydrogen-bond acceptors (Lipinski definition) is 2. The van der Waals surface area contributed by atoms with Gasteiger partial charge in [-0.3, -0.25) is 0 Å². The zero-order chi connectivity index (χ0) is 9.42. The second kappa shape index (κ2) is 3.37. The topological polar surface area (TPSA) is 21.3 Å². The average Bonchev–Trinajstić information content (AvgIpc) is 2.56. The summed E-state index contributed by atoms with van der Waals surface area (Å²) in [7, 11) is 1.88. The molecule has 0 aromatic heterocycles. The van der Waals surface area contributed by atoms with Gasteiger partial charge < -0.3 is 10.1 Å². The minimum atomic E-state index is 0.154. The normalized spacial score (nSPS) is 19.8. The van der Waals surface area contributed by atoms with Gasteiger partial charge in [-0.15, -0.1) is 0 Å². The fourth-order valence-corrected chi connectivity index (χ4v) is 2.00. The Morgan fingerprint density at radius 3 is 2.77 bits per heavy atom. The average molecular weight is 218 g/mol. The maximum Gasteiger partial charge on any atom is 0.144 e. The van der Waals surface area contributed by atoms with Gasteiger partial charge in [-0.05, 0) is 19.2 Å². The van der Waals surface area contributed by atoms with E-state index in [4.69, 9.17) is 27.9 Å². The molecular formula is C9H9Cl2NO. The van der Waals surface area contributed by atoms with Crippen LogP contribution in [0.3, 0.4) is 0 Å². The minimum Gasteiger partial charge on any atom is -0.490 e. The molecule has 1 heterocycles. The van der Waals surface area contributed by atoms with Gasteiger partial charge in [0.1, 0.15) is 12.4 Å². The first-order chi connectivity index (χ1) is 6.24. The van der Waals surface area contributed by atoms with Gasteiger partial charge >= 0.3 is 0 Å². The van der Waals surface area contributed by atoms with Gasteiger partial charge in [0.15, 0.2) is 0 Å². The summed E-state index contributed by atoms with van der Waals surface area (Å²) in [6.45, 7) is 0.593.